The van der Waals surface area contributed by atoms with Gasteiger partial charge in [0.05, 0.1) is 29.8 Å². The monoisotopic (exact) mass is 402 g/mol. The molecule has 3 aromatic heterocycles. The van der Waals surface area contributed by atoms with E-state index in [1.165, 1.54) is 0 Å². The molecule has 29 heavy (non-hydrogen) atoms. The lowest BCUT2D eigenvalue weighted by Crippen LogP contribution is -2.06. The van der Waals surface area contributed by atoms with Crippen LogP contribution < -0.4 is 5.32 Å². The zero-order chi connectivity index (χ0) is 20.2. The van der Waals surface area contributed by atoms with Crippen LogP contribution in [0.1, 0.15) is 17.2 Å². The van der Waals surface area contributed by atoms with Crippen molar-refractivity contribution in [2.45, 2.75) is 20.4 Å². The van der Waals surface area contributed by atoms with E-state index >= 15 is 0 Å². The highest BCUT2D eigenvalue weighted by Crippen LogP contribution is 2.26. The van der Waals surface area contributed by atoms with Crippen molar-refractivity contribution >= 4 is 17.4 Å². The van der Waals surface area contributed by atoms with Crippen LogP contribution in [-0.2, 0) is 6.54 Å². The number of benzene rings is 1. The summed E-state index contributed by atoms with van der Waals surface area (Å²) in [7, 11) is 0. The molecule has 6 nitrogen and oxygen atoms in total. The highest BCUT2D eigenvalue weighted by atomic mass is 35.5. The molecule has 0 saturated heterocycles. The number of hydrogen-bond donors (Lipinski definition) is 1. The van der Waals surface area contributed by atoms with Gasteiger partial charge in [-0.3, -0.25) is 15.0 Å². The molecule has 7 heteroatoms. The lowest BCUT2D eigenvalue weighted by molar-refractivity contribution is 0.964. The molecule has 0 aliphatic rings. The minimum atomic E-state index is 0.534. The molecule has 0 unspecified atom stereocenters. The molecule has 0 spiro atoms. The normalized spacial score (nSPS) is 10.7. The van der Waals surface area contributed by atoms with Crippen molar-refractivity contribution < 1.29 is 0 Å². The second-order valence-corrected chi connectivity index (χ2v) is 7.09. The van der Waals surface area contributed by atoms with E-state index < -0.39 is 0 Å². The van der Waals surface area contributed by atoms with Gasteiger partial charge < -0.3 is 5.32 Å². The molecular weight excluding hydrogens is 384 g/mol. The molecule has 0 saturated carbocycles. The highest BCUT2D eigenvalue weighted by Gasteiger charge is 2.08. The smallest absolute Gasteiger partial charge is 0.130 e. The van der Waals surface area contributed by atoms with Crippen molar-refractivity contribution in [1.29, 1.82) is 0 Å². The standard InChI is InChI=1S/C22H19ClN6/c1-14-9-26-20(12-25-14)13-27-22-8-21(28-15(2)29-22)18-7-17(10-24-11-18)16-3-5-19(23)6-4-16/h3-12H,13H2,1-2H3,(H,27,28,29). The van der Waals surface area contributed by atoms with Gasteiger partial charge in [-0.2, -0.15) is 0 Å². The van der Waals surface area contributed by atoms with Crippen molar-refractivity contribution in [2.75, 3.05) is 5.32 Å². The third-order valence-corrected chi connectivity index (χ3v) is 4.59. The molecular formula is C22H19ClN6. The predicted molar refractivity (Wildman–Crippen MR) is 115 cm³/mol. The average Bonchev–Trinajstić information content (AvgIpc) is 2.74. The summed E-state index contributed by atoms with van der Waals surface area (Å²) in [6.45, 7) is 4.32. The molecule has 0 fully saturated rings. The maximum atomic E-state index is 5.99. The van der Waals surface area contributed by atoms with E-state index in [0.717, 1.165) is 39.6 Å². The van der Waals surface area contributed by atoms with Crippen LogP contribution in [0.25, 0.3) is 22.4 Å². The number of halogens is 1. The molecule has 0 atom stereocenters. The molecule has 0 radical (unpaired) electrons. The van der Waals surface area contributed by atoms with E-state index in [1.807, 2.05) is 50.4 Å². The maximum Gasteiger partial charge on any atom is 0.130 e. The average molecular weight is 403 g/mol. The van der Waals surface area contributed by atoms with Gasteiger partial charge in [0.2, 0.25) is 0 Å². The van der Waals surface area contributed by atoms with Crippen LogP contribution in [0.5, 0.6) is 0 Å². The lowest BCUT2D eigenvalue weighted by Gasteiger charge is -2.09. The summed E-state index contributed by atoms with van der Waals surface area (Å²) in [5.41, 5.74) is 5.51. The zero-order valence-corrected chi connectivity index (χ0v) is 16.9. The fraction of sp³-hybridized carbons (Fsp3) is 0.136. The van der Waals surface area contributed by atoms with Crippen LogP contribution in [0.3, 0.4) is 0 Å². The number of aromatic nitrogens is 5. The molecule has 0 aliphatic carbocycles. The Kier molecular flexibility index (Phi) is 5.44. The predicted octanol–water partition coefficient (Wildman–Crippen LogP) is 4.88. The van der Waals surface area contributed by atoms with Crippen LogP contribution in [0.2, 0.25) is 5.02 Å². The first kappa shape index (κ1) is 19.0. The van der Waals surface area contributed by atoms with E-state index in [1.54, 1.807) is 18.6 Å². The highest BCUT2D eigenvalue weighted by molar-refractivity contribution is 6.30. The van der Waals surface area contributed by atoms with Gasteiger partial charge in [-0.15, -0.1) is 0 Å². The number of hydrogen-bond acceptors (Lipinski definition) is 6. The Morgan fingerprint density at radius 2 is 1.62 bits per heavy atom. The van der Waals surface area contributed by atoms with Gasteiger partial charge in [0, 0.05) is 40.8 Å². The minimum Gasteiger partial charge on any atom is -0.364 e. The van der Waals surface area contributed by atoms with Gasteiger partial charge in [-0.05, 0) is 37.6 Å². The third kappa shape index (κ3) is 4.73. The second kappa shape index (κ2) is 8.32. The first-order valence-corrected chi connectivity index (χ1v) is 9.53. The molecule has 0 amide bonds. The number of rotatable bonds is 5. The van der Waals surface area contributed by atoms with Gasteiger partial charge in [0.25, 0.3) is 0 Å². The van der Waals surface area contributed by atoms with Crippen LogP contribution in [0, 0.1) is 13.8 Å². The topological polar surface area (TPSA) is 76.5 Å². The summed E-state index contributed by atoms with van der Waals surface area (Å²) >= 11 is 5.99. The van der Waals surface area contributed by atoms with Gasteiger partial charge in [-0.1, -0.05) is 23.7 Å². The van der Waals surface area contributed by atoms with Crippen molar-refractivity contribution in [2.24, 2.45) is 0 Å². The summed E-state index contributed by atoms with van der Waals surface area (Å²) in [4.78, 5) is 22.1. The summed E-state index contributed by atoms with van der Waals surface area (Å²) in [5.74, 6) is 1.41. The fourth-order valence-corrected chi connectivity index (χ4v) is 3.00. The van der Waals surface area contributed by atoms with E-state index in [-0.39, 0.29) is 0 Å². The Labute approximate surface area is 174 Å². The van der Waals surface area contributed by atoms with E-state index in [2.05, 4.69) is 36.3 Å². The largest absolute Gasteiger partial charge is 0.364 e. The van der Waals surface area contributed by atoms with E-state index in [4.69, 9.17) is 11.6 Å². The molecule has 144 valence electrons. The fourth-order valence-electron chi connectivity index (χ4n) is 2.88. The molecule has 3 heterocycles. The van der Waals surface area contributed by atoms with Crippen LogP contribution >= 0.6 is 11.6 Å². The molecule has 4 aromatic rings. The molecule has 1 N–H and O–H groups in total. The molecule has 0 aliphatic heterocycles. The van der Waals surface area contributed by atoms with Crippen molar-refractivity contribution in [1.82, 2.24) is 24.9 Å². The van der Waals surface area contributed by atoms with Crippen molar-refractivity contribution in [3.8, 4) is 22.4 Å². The first-order chi connectivity index (χ1) is 14.1. The van der Waals surface area contributed by atoms with E-state index in [9.17, 15) is 0 Å². The Morgan fingerprint density at radius 1 is 0.828 bits per heavy atom. The van der Waals surface area contributed by atoms with Gasteiger partial charge in [0.1, 0.15) is 11.6 Å². The van der Waals surface area contributed by atoms with Crippen molar-refractivity contribution in [3.63, 3.8) is 0 Å². The number of nitrogens with zero attached hydrogens (tertiary/aromatic N) is 5. The Morgan fingerprint density at radius 3 is 2.38 bits per heavy atom. The van der Waals surface area contributed by atoms with Gasteiger partial charge in [0.15, 0.2) is 0 Å². The Balaban J connectivity index is 1.59. The van der Waals surface area contributed by atoms with Gasteiger partial charge in [-0.25, -0.2) is 9.97 Å². The number of nitrogens with one attached hydrogen (secondary N) is 1. The summed E-state index contributed by atoms with van der Waals surface area (Å²) < 4.78 is 0. The summed E-state index contributed by atoms with van der Waals surface area (Å²) in [5, 5.41) is 4.00. The lowest BCUT2D eigenvalue weighted by atomic mass is 10.0. The van der Waals surface area contributed by atoms with Crippen molar-refractivity contribution in [3.05, 3.63) is 83.4 Å². The first-order valence-electron chi connectivity index (χ1n) is 9.15. The molecule has 1 aromatic carbocycles. The quantitative estimate of drug-likeness (QED) is 0.512. The SMILES string of the molecule is Cc1cnc(CNc2cc(-c3cncc(-c4ccc(Cl)cc4)c3)nc(C)n2)cn1. The van der Waals surface area contributed by atoms with Crippen LogP contribution in [0.4, 0.5) is 5.82 Å². The van der Waals surface area contributed by atoms with Gasteiger partial charge >= 0.3 is 0 Å². The zero-order valence-electron chi connectivity index (χ0n) is 16.1. The summed E-state index contributed by atoms with van der Waals surface area (Å²) in [6, 6.07) is 11.7. The third-order valence-electron chi connectivity index (χ3n) is 4.33. The molecule has 4 rings (SSSR count). The number of pyridine rings is 1. The maximum absolute atomic E-state index is 5.99. The van der Waals surface area contributed by atoms with Crippen LogP contribution in [0.15, 0.2) is 61.2 Å². The van der Waals surface area contributed by atoms with Crippen LogP contribution in [-0.4, -0.2) is 24.9 Å². The second-order valence-electron chi connectivity index (χ2n) is 6.66. The Hall–Kier alpha value is -3.38. The number of aryl methyl sites for hydroxylation is 2. The molecule has 0 bridgehead atoms. The summed E-state index contributed by atoms with van der Waals surface area (Å²) in [6.07, 6.45) is 7.14. The van der Waals surface area contributed by atoms with E-state index in [0.29, 0.717) is 17.4 Å². The number of anilines is 1. The minimum absolute atomic E-state index is 0.534. The Bertz CT molecular complexity index is 1130.